The van der Waals surface area contributed by atoms with E-state index in [1.54, 1.807) is 6.21 Å². The van der Waals surface area contributed by atoms with E-state index in [2.05, 4.69) is 22.7 Å². The van der Waals surface area contributed by atoms with Crippen molar-refractivity contribution in [3.63, 3.8) is 0 Å². The molecule has 1 N–H and O–H groups in total. The molecule has 4 rings (SSSR count). The fraction of sp³-hybridized carbons (Fsp3) is 0.208. The van der Waals surface area contributed by atoms with E-state index in [0.29, 0.717) is 31.5 Å². The number of hydrazone groups is 1. The molecule has 2 amide bonds. The molecule has 29 heavy (non-hydrogen) atoms. The van der Waals surface area contributed by atoms with Crippen LogP contribution in [0.4, 0.5) is 0 Å². The molecule has 0 bridgehead atoms. The summed E-state index contributed by atoms with van der Waals surface area (Å²) in [4.78, 5) is 26.8. The van der Waals surface area contributed by atoms with E-state index < -0.39 is 0 Å². The molecule has 1 saturated heterocycles. The first-order valence-corrected chi connectivity index (χ1v) is 9.87. The van der Waals surface area contributed by atoms with Crippen molar-refractivity contribution < 1.29 is 9.59 Å². The summed E-state index contributed by atoms with van der Waals surface area (Å²) in [6.45, 7) is 1.16. The van der Waals surface area contributed by atoms with Crippen molar-refractivity contribution in [3.8, 4) is 0 Å². The molecule has 146 valence electrons. The van der Waals surface area contributed by atoms with E-state index in [-0.39, 0.29) is 17.7 Å². The van der Waals surface area contributed by atoms with E-state index in [4.69, 9.17) is 0 Å². The van der Waals surface area contributed by atoms with Crippen LogP contribution in [0.2, 0.25) is 0 Å². The molecular formula is C24H23N3O2. The van der Waals surface area contributed by atoms with Crippen LogP contribution in [-0.4, -0.2) is 36.0 Å². The summed E-state index contributed by atoms with van der Waals surface area (Å²) in [5.41, 5.74) is 4.32. The molecule has 3 aromatic carbocycles. The highest BCUT2D eigenvalue weighted by Gasteiger charge is 2.27. The van der Waals surface area contributed by atoms with E-state index in [9.17, 15) is 9.59 Å². The van der Waals surface area contributed by atoms with Gasteiger partial charge in [0.2, 0.25) is 5.91 Å². The predicted molar refractivity (Wildman–Crippen MR) is 115 cm³/mol. The van der Waals surface area contributed by atoms with Gasteiger partial charge in [0.25, 0.3) is 5.91 Å². The summed E-state index contributed by atoms with van der Waals surface area (Å²) in [6.07, 6.45) is 2.98. The normalized spacial score (nSPS) is 15.0. The highest BCUT2D eigenvalue weighted by atomic mass is 16.2. The molecule has 5 nitrogen and oxygen atoms in total. The van der Waals surface area contributed by atoms with Crippen molar-refractivity contribution in [1.29, 1.82) is 0 Å². The number of hydrogen-bond donors (Lipinski definition) is 1. The Morgan fingerprint density at radius 3 is 2.38 bits per heavy atom. The minimum atomic E-state index is -0.125. The summed E-state index contributed by atoms with van der Waals surface area (Å²) in [5.74, 6) is -0.189. The number of benzene rings is 3. The first kappa shape index (κ1) is 18.9. The van der Waals surface area contributed by atoms with Crippen LogP contribution >= 0.6 is 0 Å². The third-order valence-corrected chi connectivity index (χ3v) is 5.38. The summed E-state index contributed by atoms with van der Waals surface area (Å²) in [7, 11) is 0. The van der Waals surface area contributed by atoms with Crippen molar-refractivity contribution >= 4 is 28.8 Å². The molecule has 0 saturated carbocycles. The molecule has 0 aliphatic carbocycles. The Morgan fingerprint density at radius 2 is 1.59 bits per heavy atom. The Hall–Kier alpha value is -3.47. The quantitative estimate of drug-likeness (QED) is 0.548. The first-order valence-electron chi connectivity index (χ1n) is 9.87. The smallest absolute Gasteiger partial charge is 0.253 e. The number of fused-ring (bicyclic) bond motifs is 1. The van der Waals surface area contributed by atoms with Crippen LogP contribution in [0.3, 0.4) is 0 Å². The van der Waals surface area contributed by atoms with E-state index in [1.807, 2.05) is 65.6 Å². The maximum Gasteiger partial charge on any atom is 0.253 e. The largest absolute Gasteiger partial charge is 0.339 e. The van der Waals surface area contributed by atoms with Crippen LogP contribution in [0, 0.1) is 5.92 Å². The number of nitrogens with one attached hydrogen (secondary N) is 1. The molecule has 3 aromatic rings. The van der Waals surface area contributed by atoms with E-state index in [0.717, 1.165) is 16.3 Å². The maximum atomic E-state index is 12.5. The number of carbonyl (C=O) groups is 2. The third kappa shape index (κ3) is 4.35. The van der Waals surface area contributed by atoms with Gasteiger partial charge in [-0.25, -0.2) is 5.43 Å². The zero-order valence-corrected chi connectivity index (χ0v) is 16.1. The topological polar surface area (TPSA) is 61.8 Å². The van der Waals surface area contributed by atoms with Gasteiger partial charge in [-0.05, 0) is 35.7 Å². The Morgan fingerprint density at radius 1 is 0.897 bits per heavy atom. The second-order valence-electron chi connectivity index (χ2n) is 7.24. The molecule has 1 fully saturated rings. The van der Waals surface area contributed by atoms with Gasteiger partial charge in [0.15, 0.2) is 0 Å². The number of likely N-dealkylation sites (tertiary alicyclic amines) is 1. The van der Waals surface area contributed by atoms with Crippen molar-refractivity contribution in [2.45, 2.75) is 12.8 Å². The molecule has 0 atom stereocenters. The zero-order chi connectivity index (χ0) is 20.1. The van der Waals surface area contributed by atoms with Crippen LogP contribution in [-0.2, 0) is 4.79 Å². The van der Waals surface area contributed by atoms with Gasteiger partial charge in [0.1, 0.15) is 0 Å². The third-order valence-electron chi connectivity index (χ3n) is 5.38. The number of nitrogens with zero attached hydrogens (tertiary/aromatic N) is 2. The Kier molecular flexibility index (Phi) is 5.66. The SMILES string of the molecule is O=C(N/N=C\c1cccc2ccccc12)C1CCN(C(=O)c2ccccc2)CC1. The lowest BCUT2D eigenvalue weighted by molar-refractivity contribution is -0.126. The lowest BCUT2D eigenvalue weighted by atomic mass is 9.95. The van der Waals surface area contributed by atoms with Crippen molar-refractivity contribution in [3.05, 3.63) is 83.9 Å². The summed E-state index contributed by atoms with van der Waals surface area (Å²) >= 11 is 0. The Balaban J connectivity index is 1.32. The standard InChI is InChI=1S/C24H23N3O2/c28-23(26-25-17-21-11-6-10-18-7-4-5-12-22(18)21)19-13-15-27(16-14-19)24(29)20-8-2-1-3-9-20/h1-12,17,19H,13-16H2,(H,26,28)/b25-17-. The number of hydrogen-bond acceptors (Lipinski definition) is 3. The summed E-state index contributed by atoms with van der Waals surface area (Å²) in [6, 6.07) is 23.4. The summed E-state index contributed by atoms with van der Waals surface area (Å²) in [5, 5.41) is 6.40. The number of carbonyl (C=O) groups excluding carboxylic acids is 2. The van der Waals surface area contributed by atoms with Gasteiger partial charge in [-0.1, -0.05) is 60.7 Å². The van der Waals surface area contributed by atoms with Gasteiger partial charge in [-0.3, -0.25) is 9.59 Å². The molecule has 0 spiro atoms. The highest BCUT2D eigenvalue weighted by molar-refractivity contribution is 6.00. The van der Waals surface area contributed by atoms with Crippen LogP contribution in [0.1, 0.15) is 28.8 Å². The van der Waals surface area contributed by atoms with Crippen molar-refractivity contribution in [2.75, 3.05) is 13.1 Å². The second kappa shape index (κ2) is 8.69. The van der Waals surface area contributed by atoms with E-state index in [1.165, 1.54) is 0 Å². The minimum absolute atomic E-state index is 0.0263. The number of piperidine rings is 1. The lowest BCUT2D eigenvalue weighted by Crippen LogP contribution is -2.42. The molecule has 0 aromatic heterocycles. The van der Waals surface area contributed by atoms with Gasteiger partial charge in [0.05, 0.1) is 6.21 Å². The number of rotatable bonds is 4. The van der Waals surface area contributed by atoms with Gasteiger partial charge < -0.3 is 4.90 Å². The van der Waals surface area contributed by atoms with Gasteiger partial charge in [-0.2, -0.15) is 5.10 Å². The lowest BCUT2D eigenvalue weighted by Gasteiger charge is -2.31. The zero-order valence-electron chi connectivity index (χ0n) is 16.1. The molecule has 0 unspecified atom stereocenters. The average molecular weight is 385 g/mol. The molecule has 5 heteroatoms. The Labute approximate surface area is 170 Å². The minimum Gasteiger partial charge on any atom is -0.339 e. The molecule has 0 radical (unpaired) electrons. The van der Waals surface area contributed by atoms with Gasteiger partial charge >= 0.3 is 0 Å². The summed E-state index contributed by atoms with van der Waals surface area (Å²) < 4.78 is 0. The molecule has 1 aliphatic rings. The Bertz CT molecular complexity index is 1030. The fourth-order valence-electron chi connectivity index (χ4n) is 3.73. The number of amides is 2. The fourth-order valence-corrected chi connectivity index (χ4v) is 3.73. The van der Waals surface area contributed by atoms with Crippen LogP contribution in [0.25, 0.3) is 10.8 Å². The molecular weight excluding hydrogens is 362 g/mol. The highest BCUT2D eigenvalue weighted by Crippen LogP contribution is 2.20. The monoisotopic (exact) mass is 385 g/mol. The van der Waals surface area contributed by atoms with Crippen molar-refractivity contribution in [1.82, 2.24) is 10.3 Å². The second-order valence-corrected chi connectivity index (χ2v) is 7.24. The van der Waals surface area contributed by atoms with Crippen LogP contribution < -0.4 is 5.43 Å². The average Bonchev–Trinajstić information content (AvgIpc) is 2.79. The first-order chi connectivity index (χ1) is 14.2. The predicted octanol–water partition coefficient (Wildman–Crippen LogP) is 3.84. The van der Waals surface area contributed by atoms with Gasteiger partial charge in [-0.15, -0.1) is 0 Å². The maximum absolute atomic E-state index is 12.5. The van der Waals surface area contributed by atoms with Gasteiger partial charge in [0, 0.05) is 30.1 Å². The van der Waals surface area contributed by atoms with Crippen LogP contribution in [0.5, 0.6) is 0 Å². The van der Waals surface area contributed by atoms with Crippen molar-refractivity contribution in [2.24, 2.45) is 11.0 Å². The molecule has 1 heterocycles. The van der Waals surface area contributed by atoms with E-state index >= 15 is 0 Å². The van der Waals surface area contributed by atoms with Crippen LogP contribution in [0.15, 0.2) is 77.9 Å². The molecule has 1 aliphatic heterocycles.